The van der Waals surface area contributed by atoms with Gasteiger partial charge in [-0.2, -0.15) is 0 Å². The number of carbonyl (C=O) groups is 1. The van der Waals surface area contributed by atoms with E-state index in [2.05, 4.69) is 10.5 Å². The molecule has 0 aliphatic heterocycles. The highest BCUT2D eigenvalue weighted by atomic mass is 16.5. The first-order valence-electron chi connectivity index (χ1n) is 6.65. The van der Waals surface area contributed by atoms with Gasteiger partial charge in [0, 0.05) is 12.6 Å². The third-order valence-corrected chi connectivity index (χ3v) is 3.21. The Morgan fingerprint density at radius 1 is 1.32 bits per heavy atom. The molecule has 7 heteroatoms. The number of aliphatic hydroxyl groups is 1. The van der Waals surface area contributed by atoms with Crippen LogP contribution in [-0.4, -0.2) is 37.4 Å². The molecule has 7 nitrogen and oxygen atoms in total. The third-order valence-electron chi connectivity index (χ3n) is 3.21. The number of ether oxygens (including phenoxy) is 2. The van der Waals surface area contributed by atoms with Crippen LogP contribution in [0.25, 0.3) is 11.3 Å². The molecule has 1 aromatic carbocycles. The molecule has 0 saturated carbocycles. The fourth-order valence-corrected chi connectivity index (χ4v) is 2.11. The average molecular weight is 306 g/mol. The molecule has 0 saturated heterocycles. The standard InChI is InChI=1S/C15H18N2O5/c1-8(18)14-12(15(19)16-2)13(17-22-14)9-5-6-10(20-3)11(7-9)21-4/h5-8,18H,1-4H3,(H,16,19). The maximum absolute atomic E-state index is 12.1. The van der Waals surface area contributed by atoms with E-state index in [1.54, 1.807) is 18.2 Å². The van der Waals surface area contributed by atoms with E-state index in [-0.39, 0.29) is 17.2 Å². The fourth-order valence-electron chi connectivity index (χ4n) is 2.11. The molecular formula is C15H18N2O5. The van der Waals surface area contributed by atoms with E-state index in [0.717, 1.165) is 0 Å². The number of aromatic nitrogens is 1. The molecule has 2 aromatic rings. The maximum Gasteiger partial charge on any atom is 0.257 e. The molecule has 2 rings (SSSR count). The van der Waals surface area contributed by atoms with Crippen LogP contribution in [0.1, 0.15) is 29.1 Å². The molecule has 0 radical (unpaired) electrons. The minimum atomic E-state index is -0.950. The lowest BCUT2D eigenvalue weighted by Crippen LogP contribution is -2.20. The van der Waals surface area contributed by atoms with Gasteiger partial charge in [-0.3, -0.25) is 4.79 Å². The number of nitrogens with one attached hydrogen (secondary N) is 1. The van der Waals surface area contributed by atoms with Gasteiger partial charge in [0.15, 0.2) is 17.3 Å². The van der Waals surface area contributed by atoms with Crippen LogP contribution < -0.4 is 14.8 Å². The summed E-state index contributed by atoms with van der Waals surface area (Å²) in [4.78, 5) is 12.1. The van der Waals surface area contributed by atoms with Crippen molar-refractivity contribution in [2.24, 2.45) is 0 Å². The van der Waals surface area contributed by atoms with Gasteiger partial charge in [0.2, 0.25) is 0 Å². The summed E-state index contributed by atoms with van der Waals surface area (Å²) in [5, 5.41) is 16.2. The van der Waals surface area contributed by atoms with E-state index in [4.69, 9.17) is 14.0 Å². The fraction of sp³-hybridized carbons (Fsp3) is 0.333. The summed E-state index contributed by atoms with van der Waals surface area (Å²) < 4.78 is 15.6. The second-order valence-corrected chi connectivity index (χ2v) is 4.60. The summed E-state index contributed by atoms with van der Waals surface area (Å²) in [7, 11) is 4.56. The molecule has 1 heterocycles. The Balaban J connectivity index is 2.60. The third kappa shape index (κ3) is 2.75. The first-order chi connectivity index (χ1) is 10.5. The predicted molar refractivity (Wildman–Crippen MR) is 79.1 cm³/mol. The molecule has 0 aliphatic rings. The smallest absolute Gasteiger partial charge is 0.257 e. The molecule has 118 valence electrons. The van der Waals surface area contributed by atoms with Gasteiger partial charge in [0.1, 0.15) is 17.4 Å². The van der Waals surface area contributed by atoms with Crippen LogP contribution in [-0.2, 0) is 0 Å². The Labute approximate surface area is 127 Å². The van der Waals surface area contributed by atoms with Crippen molar-refractivity contribution in [2.45, 2.75) is 13.0 Å². The van der Waals surface area contributed by atoms with Gasteiger partial charge < -0.3 is 24.4 Å². The van der Waals surface area contributed by atoms with Crippen molar-refractivity contribution in [3.8, 4) is 22.8 Å². The lowest BCUT2D eigenvalue weighted by Gasteiger charge is -2.09. The van der Waals surface area contributed by atoms with Crippen LogP contribution in [0.5, 0.6) is 11.5 Å². The van der Waals surface area contributed by atoms with Crippen LogP contribution >= 0.6 is 0 Å². The molecule has 0 spiro atoms. The van der Waals surface area contributed by atoms with E-state index in [9.17, 15) is 9.90 Å². The molecule has 1 aromatic heterocycles. The summed E-state index contributed by atoms with van der Waals surface area (Å²) in [6, 6.07) is 5.13. The Hall–Kier alpha value is -2.54. The summed E-state index contributed by atoms with van der Waals surface area (Å²) in [5.74, 6) is 0.794. The first-order valence-corrected chi connectivity index (χ1v) is 6.65. The van der Waals surface area contributed by atoms with E-state index in [0.29, 0.717) is 22.8 Å². The highest BCUT2D eigenvalue weighted by molar-refractivity contribution is 6.00. The molecule has 1 unspecified atom stereocenters. The second kappa shape index (κ2) is 6.48. The molecule has 1 amide bonds. The number of rotatable bonds is 5. The molecule has 0 aliphatic carbocycles. The number of nitrogens with zero attached hydrogens (tertiary/aromatic N) is 1. The zero-order valence-corrected chi connectivity index (χ0v) is 12.8. The van der Waals surface area contributed by atoms with Crippen molar-refractivity contribution >= 4 is 5.91 Å². The van der Waals surface area contributed by atoms with Gasteiger partial charge in [-0.15, -0.1) is 0 Å². The van der Waals surface area contributed by atoms with E-state index < -0.39 is 6.10 Å². The average Bonchev–Trinajstić information content (AvgIpc) is 2.98. The van der Waals surface area contributed by atoms with E-state index >= 15 is 0 Å². The van der Waals surface area contributed by atoms with Gasteiger partial charge in [-0.25, -0.2) is 0 Å². The lowest BCUT2D eigenvalue weighted by atomic mass is 10.0. The molecule has 0 bridgehead atoms. The lowest BCUT2D eigenvalue weighted by molar-refractivity contribution is 0.0950. The van der Waals surface area contributed by atoms with E-state index in [1.165, 1.54) is 28.2 Å². The molecule has 2 N–H and O–H groups in total. The zero-order valence-electron chi connectivity index (χ0n) is 12.8. The topological polar surface area (TPSA) is 93.8 Å². The Bertz CT molecular complexity index is 679. The quantitative estimate of drug-likeness (QED) is 0.874. The minimum absolute atomic E-state index is 0.115. The summed E-state index contributed by atoms with van der Waals surface area (Å²) in [6.45, 7) is 1.51. The van der Waals surface area contributed by atoms with Gasteiger partial charge in [0.25, 0.3) is 5.91 Å². The molecule has 0 fully saturated rings. The molecule has 1 atom stereocenters. The summed E-state index contributed by atoms with van der Waals surface area (Å²) in [6.07, 6.45) is -0.950. The number of methoxy groups -OCH3 is 2. The minimum Gasteiger partial charge on any atom is -0.493 e. The first kappa shape index (κ1) is 15.8. The zero-order chi connectivity index (χ0) is 16.3. The van der Waals surface area contributed by atoms with Crippen LogP contribution in [0, 0.1) is 0 Å². The number of hydrogen-bond donors (Lipinski definition) is 2. The van der Waals surface area contributed by atoms with Gasteiger partial charge in [0.05, 0.1) is 14.2 Å². The van der Waals surface area contributed by atoms with Crippen molar-refractivity contribution in [3.63, 3.8) is 0 Å². The van der Waals surface area contributed by atoms with Gasteiger partial charge in [-0.1, -0.05) is 5.16 Å². The number of aliphatic hydroxyl groups excluding tert-OH is 1. The maximum atomic E-state index is 12.1. The monoisotopic (exact) mass is 306 g/mol. The van der Waals surface area contributed by atoms with Gasteiger partial charge in [-0.05, 0) is 25.1 Å². The largest absolute Gasteiger partial charge is 0.493 e. The highest BCUT2D eigenvalue weighted by Crippen LogP contribution is 2.35. The SMILES string of the molecule is CNC(=O)c1c(-c2ccc(OC)c(OC)c2)noc1C(C)O. The summed E-state index contributed by atoms with van der Waals surface area (Å²) >= 11 is 0. The van der Waals surface area contributed by atoms with Crippen molar-refractivity contribution < 1.29 is 23.9 Å². The normalized spacial score (nSPS) is 11.9. The van der Waals surface area contributed by atoms with E-state index in [1.807, 2.05) is 0 Å². The van der Waals surface area contributed by atoms with Crippen LogP contribution in [0.3, 0.4) is 0 Å². The van der Waals surface area contributed by atoms with Gasteiger partial charge >= 0.3 is 0 Å². The predicted octanol–water partition coefficient (Wildman–Crippen LogP) is 1.77. The Kier molecular flexibility index (Phi) is 4.67. The number of amides is 1. The van der Waals surface area contributed by atoms with Crippen LogP contribution in [0.2, 0.25) is 0 Å². The van der Waals surface area contributed by atoms with Crippen molar-refractivity contribution in [1.82, 2.24) is 10.5 Å². The number of benzene rings is 1. The van der Waals surface area contributed by atoms with Crippen molar-refractivity contribution in [1.29, 1.82) is 0 Å². The number of carbonyl (C=O) groups excluding carboxylic acids is 1. The van der Waals surface area contributed by atoms with Crippen molar-refractivity contribution in [3.05, 3.63) is 29.5 Å². The Morgan fingerprint density at radius 3 is 2.55 bits per heavy atom. The number of hydrogen-bond acceptors (Lipinski definition) is 6. The Morgan fingerprint density at radius 2 is 2.00 bits per heavy atom. The van der Waals surface area contributed by atoms with Crippen LogP contribution in [0.15, 0.2) is 22.7 Å². The highest BCUT2D eigenvalue weighted by Gasteiger charge is 2.26. The van der Waals surface area contributed by atoms with Crippen LogP contribution in [0.4, 0.5) is 0 Å². The second-order valence-electron chi connectivity index (χ2n) is 4.60. The molecular weight excluding hydrogens is 288 g/mol. The molecule has 22 heavy (non-hydrogen) atoms. The summed E-state index contributed by atoms with van der Waals surface area (Å²) in [5.41, 5.74) is 1.15. The van der Waals surface area contributed by atoms with Crippen molar-refractivity contribution in [2.75, 3.05) is 21.3 Å².